The number of carboxylic acid groups (broad SMARTS) is 1. The third-order valence-corrected chi connectivity index (χ3v) is 12.0. The average molecular weight is 801 g/mol. The van der Waals surface area contributed by atoms with Crippen molar-refractivity contribution in [3.8, 4) is 45.2 Å². The van der Waals surface area contributed by atoms with Gasteiger partial charge in [-0.05, 0) is 74.4 Å². The number of nitrogens with one attached hydrogen (secondary N) is 1. The Bertz CT molecular complexity index is 2200. The Kier molecular flexibility index (Phi) is 12.7. The molecule has 7 rings (SSSR count). The summed E-state index contributed by atoms with van der Waals surface area (Å²) in [6.07, 6.45) is 5.57. The summed E-state index contributed by atoms with van der Waals surface area (Å²) in [5, 5.41) is 29.1. The molecule has 4 aromatic carbocycles. The molecular weight excluding hydrogens is 751 g/mol. The Morgan fingerprint density at radius 3 is 2.30 bits per heavy atom. The zero-order chi connectivity index (χ0) is 40.2. The number of ether oxygens (including phenoxy) is 4. The number of aliphatic carboxylic acids is 1. The van der Waals surface area contributed by atoms with E-state index in [2.05, 4.69) is 10.2 Å². The molecule has 0 unspecified atom stereocenters. The maximum atomic E-state index is 16.1. The van der Waals surface area contributed by atoms with Crippen molar-refractivity contribution in [2.45, 2.75) is 69.8 Å². The number of aromatic nitrogens is 2. The molecule has 0 spiro atoms. The Morgan fingerprint density at radius 1 is 0.947 bits per heavy atom. The smallest absolute Gasteiger partial charge is 0.303 e. The molecule has 0 bridgehead atoms. The minimum Gasteiger partial charge on any atom is -0.496 e. The van der Waals surface area contributed by atoms with Crippen molar-refractivity contribution >= 4 is 28.5 Å². The third kappa shape index (κ3) is 8.61. The van der Waals surface area contributed by atoms with Crippen LogP contribution < -0.4 is 19.5 Å². The first-order chi connectivity index (χ1) is 27.6. The molecule has 5 aromatic rings. The van der Waals surface area contributed by atoms with Crippen molar-refractivity contribution in [1.29, 1.82) is 0 Å². The molecule has 1 aliphatic heterocycles. The first kappa shape index (κ1) is 40.5. The summed E-state index contributed by atoms with van der Waals surface area (Å²) in [6.45, 7) is 1.68. The predicted octanol–water partition coefficient (Wildman–Crippen LogP) is 7.88. The van der Waals surface area contributed by atoms with Gasteiger partial charge in [0, 0.05) is 72.4 Å². The van der Waals surface area contributed by atoms with Gasteiger partial charge in [-0.1, -0.05) is 41.9 Å². The number of carboxylic acids is 1. The summed E-state index contributed by atoms with van der Waals surface area (Å²) in [6, 6.07) is 19.0. The van der Waals surface area contributed by atoms with Crippen LogP contribution in [0.5, 0.6) is 17.2 Å². The zero-order valence-corrected chi connectivity index (χ0v) is 33.5. The lowest BCUT2D eigenvalue weighted by molar-refractivity contribution is -0.138. The van der Waals surface area contributed by atoms with Crippen LogP contribution in [0, 0.1) is 11.7 Å². The van der Waals surface area contributed by atoms with Gasteiger partial charge in [-0.3, -0.25) is 9.69 Å². The number of halogens is 2. The van der Waals surface area contributed by atoms with Crippen molar-refractivity contribution in [1.82, 2.24) is 20.0 Å². The molecule has 302 valence electrons. The van der Waals surface area contributed by atoms with E-state index >= 15 is 4.39 Å². The number of hydrogen-bond acceptors (Lipinski definition) is 9. The largest absolute Gasteiger partial charge is 0.496 e. The van der Waals surface area contributed by atoms with E-state index in [1.54, 1.807) is 27.5 Å². The molecule has 3 N–H and O–H groups in total. The summed E-state index contributed by atoms with van der Waals surface area (Å²) < 4.78 is 40.7. The Hall–Kier alpha value is -4.72. The second-order valence-corrected chi connectivity index (χ2v) is 15.4. The van der Waals surface area contributed by atoms with Gasteiger partial charge in [0.25, 0.3) is 0 Å². The van der Waals surface area contributed by atoms with Crippen LogP contribution in [0.4, 0.5) is 4.39 Å². The fourth-order valence-corrected chi connectivity index (χ4v) is 8.77. The van der Waals surface area contributed by atoms with Crippen molar-refractivity contribution in [3.05, 3.63) is 88.8 Å². The molecule has 1 saturated carbocycles. The van der Waals surface area contributed by atoms with Crippen LogP contribution in [-0.2, 0) is 22.6 Å². The minimum absolute atomic E-state index is 0.103. The van der Waals surface area contributed by atoms with Crippen LogP contribution in [0.3, 0.4) is 0 Å². The second-order valence-electron chi connectivity index (χ2n) is 15.0. The van der Waals surface area contributed by atoms with E-state index < -0.39 is 12.1 Å². The highest BCUT2D eigenvalue weighted by Gasteiger charge is 2.28. The van der Waals surface area contributed by atoms with Crippen LogP contribution in [-0.4, -0.2) is 90.6 Å². The molecule has 2 aliphatic rings. The van der Waals surface area contributed by atoms with Gasteiger partial charge in [-0.2, -0.15) is 5.10 Å². The van der Waals surface area contributed by atoms with Gasteiger partial charge in [-0.25, -0.2) is 9.07 Å². The molecule has 0 radical (unpaired) electrons. The molecule has 11 nitrogen and oxygen atoms in total. The normalized spacial score (nSPS) is 19.9. The van der Waals surface area contributed by atoms with Gasteiger partial charge < -0.3 is 34.5 Å². The lowest BCUT2D eigenvalue weighted by Gasteiger charge is -2.34. The molecule has 1 saturated heterocycles. The Morgan fingerprint density at radius 2 is 1.61 bits per heavy atom. The summed E-state index contributed by atoms with van der Waals surface area (Å²) in [5.74, 6) is 0.740. The van der Waals surface area contributed by atoms with Crippen LogP contribution in [0.1, 0.15) is 49.7 Å². The maximum absolute atomic E-state index is 16.1. The fourth-order valence-electron chi connectivity index (χ4n) is 8.43. The lowest BCUT2D eigenvalue weighted by atomic mass is 9.83. The highest BCUT2D eigenvalue weighted by atomic mass is 35.5. The summed E-state index contributed by atoms with van der Waals surface area (Å²) in [5.41, 5.74) is 5.77. The first-order valence-electron chi connectivity index (χ1n) is 19.4. The quantitative estimate of drug-likeness (QED) is 0.102. The van der Waals surface area contributed by atoms with Gasteiger partial charge in [0.05, 0.1) is 62.0 Å². The summed E-state index contributed by atoms with van der Waals surface area (Å²) in [7, 11) is 6.77. The van der Waals surface area contributed by atoms with Crippen molar-refractivity contribution in [2.24, 2.45) is 5.92 Å². The number of benzene rings is 4. The van der Waals surface area contributed by atoms with E-state index in [0.717, 1.165) is 59.0 Å². The molecule has 2 fully saturated rings. The molecule has 0 amide bonds. The number of aliphatic hydroxyl groups excluding tert-OH is 1. The van der Waals surface area contributed by atoms with Gasteiger partial charge in [-0.15, -0.1) is 0 Å². The highest BCUT2D eigenvalue weighted by molar-refractivity contribution is 6.36. The Balaban J connectivity index is 1.15. The minimum atomic E-state index is -0.753. The van der Waals surface area contributed by atoms with Crippen molar-refractivity contribution in [2.75, 3.05) is 41.6 Å². The number of aliphatic hydroxyl groups is 1. The van der Waals surface area contributed by atoms with Gasteiger partial charge in [0.2, 0.25) is 0 Å². The number of nitrogens with zero attached hydrogens (tertiary/aromatic N) is 3. The van der Waals surface area contributed by atoms with E-state index in [0.29, 0.717) is 71.7 Å². The van der Waals surface area contributed by atoms with Crippen LogP contribution >= 0.6 is 11.6 Å². The standard InChI is InChI=1S/C44H50ClFN4O7/c1-49(28-13-11-26(12-14-28)17-43(52)53)24-35-36(46)18-27(19-40(35)54-2)30-7-5-9-32(44(30)45)31-8-6-10-38-33(31)23-48-50(38)29-20-41(55-3)34(42(21-29)56-4)22-47-37-15-16-57-25-39(37)51/h5-10,18-21,23,26,28,37,39,47,51H,11-17,22,24-25H2,1-4H3,(H,52,53)/t26?,28?,37-,39+/m1/s1. The number of rotatable bonds is 14. The van der Waals surface area contributed by atoms with Crippen molar-refractivity contribution in [3.63, 3.8) is 0 Å². The molecular formula is C44H50ClFN4O7. The second kappa shape index (κ2) is 17.8. The highest BCUT2D eigenvalue weighted by Crippen LogP contribution is 2.42. The molecule has 1 aromatic heterocycles. The van der Waals surface area contributed by atoms with Crippen LogP contribution in [0.15, 0.2) is 66.9 Å². The van der Waals surface area contributed by atoms with Crippen LogP contribution in [0.2, 0.25) is 5.02 Å². The maximum Gasteiger partial charge on any atom is 0.303 e. The van der Waals surface area contributed by atoms with Gasteiger partial charge in [0.15, 0.2) is 0 Å². The molecule has 2 atom stereocenters. The summed E-state index contributed by atoms with van der Waals surface area (Å²) >= 11 is 7.21. The van der Waals surface area contributed by atoms with E-state index in [4.69, 9.17) is 35.6 Å². The monoisotopic (exact) mass is 800 g/mol. The number of carbonyl (C=O) groups is 1. The number of hydrogen-bond donors (Lipinski definition) is 3. The average Bonchev–Trinajstić information content (AvgIpc) is 3.66. The van der Waals surface area contributed by atoms with Gasteiger partial charge >= 0.3 is 5.97 Å². The number of fused-ring (bicyclic) bond motifs is 1. The van der Waals surface area contributed by atoms with E-state index in [1.165, 1.54) is 6.07 Å². The topological polar surface area (TPSA) is 128 Å². The zero-order valence-electron chi connectivity index (χ0n) is 32.8. The number of methoxy groups -OCH3 is 3. The van der Waals surface area contributed by atoms with E-state index in [-0.39, 0.29) is 30.2 Å². The fraction of sp³-hybridized carbons (Fsp3) is 0.409. The molecule has 2 heterocycles. The van der Waals surface area contributed by atoms with Gasteiger partial charge in [0.1, 0.15) is 23.1 Å². The lowest BCUT2D eigenvalue weighted by Crippen LogP contribution is -2.46. The Labute approximate surface area is 337 Å². The van der Waals surface area contributed by atoms with E-state index in [9.17, 15) is 15.0 Å². The summed E-state index contributed by atoms with van der Waals surface area (Å²) in [4.78, 5) is 13.3. The van der Waals surface area contributed by atoms with Crippen LogP contribution in [0.25, 0.3) is 38.8 Å². The third-order valence-electron chi connectivity index (χ3n) is 11.6. The van der Waals surface area contributed by atoms with Crippen molar-refractivity contribution < 1.29 is 38.3 Å². The van der Waals surface area contributed by atoms with E-state index in [1.807, 2.05) is 66.3 Å². The molecule has 57 heavy (non-hydrogen) atoms. The SMILES string of the molecule is COc1cc(-c2cccc(-c3cccc4c3cnn4-c3cc(OC)c(CN[C@@H]4CCOC[C@@H]4O)c(OC)c3)c2Cl)cc(F)c1CN(C)C1CCC(CC(=O)O)CC1. The first-order valence-corrected chi connectivity index (χ1v) is 19.8. The molecule has 13 heteroatoms. The predicted molar refractivity (Wildman–Crippen MR) is 218 cm³/mol. The molecule has 1 aliphatic carbocycles.